The lowest BCUT2D eigenvalue weighted by Crippen LogP contribution is -2.44. The molecule has 0 aromatic carbocycles. The van der Waals surface area contributed by atoms with E-state index in [1.54, 1.807) is 0 Å². The van der Waals surface area contributed by atoms with Crippen LogP contribution in [0.5, 0.6) is 0 Å². The molecule has 100 valence electrons. The van der Waals surface area contributed by atoms with E-state index in [2.05, 4.69) is 24.3 Å². The number of carbonyl (C=O) groups is 1. The highest BCUT2D eigenvalue weighted by molar-refractivity contribution is 6.02. The zero-order chi connectivity index (χ0) is 13.4. The molecule has 0 aliphatic carbocycles. The van der Waals surface area contributed by atoms with E-state index in [0.717, 1.165) is 12.8 Å². The van der Waals surface area contributed by atoms with E-state index in [1.165, 1.54) is 0 Å². The quantitative estimate of drug-likeness (QED) is 0.275. The number of rotatable bonds is 7. The van der Waals surface area contributed by atoms with Crippen molar-refractivity contribution in [1.29, 1.82) is 0 Å². The summed E-state index contributed by atoms with van der Waals surface area (Å²) >= 11 is 0. The fourth-order valence-electron chi connectivity index (χ4n) is 1.59. The van der Waals surface area contributed by atoms with Gasteiger partial charge < -0.3 is 16.3 Å². The van der Waals surface area contributed by atoms with Crippen LogP contribution >= 0.6 is 0 Å². The molecule has 1 amide bonds. The molecule has 0 bridgehead atoms. The highest BCUT2D eigenvalue weighted by Crippen LogP contribution is 2.11. The normalized spacial score (nSPS) is 17.3. The molecule has 3 unspecified atom stereocenters. The summed E-state index contributed by atoms with van der Waals surface area (Å²) < 4.78 is 0. The number of amides is 1. The molecular weight excluding hydrogens is 218 g/mol. The number of nitrogens with one attached hydrogen (secondary N) is 1. The number of oxime groups is 1. The molecule has 0 radical (unpaired) electrons. The van der Waals surface area contributed by atoms with Crippen molar-refractivity contribution in [3.63, 3.8) is 0 Å². The average Bonchev–Trinajstić information content (AvgIpc) is 2.33. The van der Waals surface area contributed by atoms with Crippen molar-refractivity contribution in [2.45, 2.75) is 53.0 Å². The van der Waals surface area contributed by atoms with Gasteiger partial charge in [0.05, 0.1) is 5.92 Å². The van der Waals surface area contributed by atoms with E-state index in [0.29, 0.717) is 12.3 Å². The van der Waals surface area contributed by atoms with Gasteiger partial charge in [0, 0.05) is 6.04 Å². The van der Waals surface area contributed by atoms with Crippen LogP contribution < -0.4 is 11.1 Å². The van der Waals surface area contributed by atoms with Crippen molar-refractivity contribution < 1.29 is 10.0 Å². The van der Waals surface area contributed by atoms with Crippen molar-refractivity contribution in [2.24, 2.45) is 22.7 Å². The van der Waals surface area contributed by atoms with E-state index >= 15 is 0 Å². The molecule has 0 spiro atoms. The maximum atomic E-state index is 12.0. The van der Waals surface area contributed by atoms with Crippen LogP contribution in [0.25, 0.3) is 0 Å². The third kappa shape index (κ3) is 5.06. The molecule has 4 N–H and O–H groups in total. The largest absolute Gasteiger partial charge is 0.409 e. The smallest absolute Gasteiger partial charge is 0.231 e. The summed E-state index contributed by atoms with van der Waals surface area (Å²) in [6.45, 7) is 8.11. The number of carbonyl (C=O) groups excluding carboxylic acids is 1. The van der Waals surface area contributed by atoms with E-state index < -0.39 is 5.92 Å². The molecule has 0 saturated carbocycles. The number of amidine groups is 1. The van der Waals surface area contributed by atoms with Crippen molar-refractivity contribution >= 4 is 11.7 Å². The van der Waals surface area contributed by atoms with Crippen LogP contribution in [0.15, 0.2) is 5.16 Å². The highest BCUT2D eigenvalue weighted by Gasteiger charge is 2.24. The van der Waals surface area contributed by atoms with Gasteiger partial charge in [-0.25, -0.2) is 0 Å². The van der Waals surface area contributed by atoms with Gasteiger partial charge in [-0.2, -0.15) is 0 Å². The first-order valence-electron chi connectivity index (χ1n) is 6.25. The second-order valence-corrected chi connectivity index (χ2v) is 4.55. The Labute approximate surface area is 103 Å². The maximum absolute atomic E-state index is 12.0. The Kier molecular flexibility index (Phi) is 7.34. The number of hydrogen-bond donors (Lipinski definition) is 3. The number of nitrogens with zero attached hydrogens (tertiary/aromatic N) is 1. The molecule has 0 saturated heterocycles. The van der Waals surface area contributed by atoms with Crippen LogP contribution in [0.3, 0.4) is 0 Å². The summed E-state index contributed by atoms with van der Waals surface area (Å²) in [5.41, 5.74) is 5.53. The predicted octanol–water partition coefficient (Wildman–Crippen LogP) is 1.70. The van der Waals surface area contributed by atoms with Crippen molar-refractivity contribution in [3.05, 3.63) is 0 Å². The summed E-state index contributed by atoms with van der Waals surface area (Å²) in [5, 5.41) is 14.5. The topological polar surface area (TPSA) is 87.7 Å². The fourth-order valence-corrected chi connectivity index (χ4v) is 1.59. The van der Waals surface area contributed by atoms with Gasteiger partial charge in [0.15, 0.2) is 5.84 Å². The van der Waals surface area contributed by atoms with Gasteiger partial charge in [-0.15, -0.1) is 0 Å². The summed E-state index contributed by atoms with van der Waals surface area (Å²) in [6, 6.07) is 0.0957. The van der Waals surface area contributed by atoms with E-state index in [9.17, 15) is 4.79 Å². The Morgan fingerprint density at radius 1 is 1.41 bits per heavy atom. The lowest BCUT2D eigenvalue weighted by Gasteiger charge is -2.23. The molecule has 0 aromatic heterocycles. The number of hydrogen-bond acceptors (Lipinski definition) is 3. The van der Waals surface area contributed by atoms with Crippen molar-refractivity contribution in [3.8, 4) is 0 Å². The first-order chi connectivity index (χ1) is 7.97. The van der Waals surface area contributed by atoms with Gasteiger partial charge in [0.2, 0.25) is 5.91 Å². The SMILES string of the molecule is CCCC(C(=O)NC(C)C(C)CC)C(N)=NO. The summed E-state index contributed by atoms with van der Waals surface area (Å²) in [7, 11) is 0. The third-order valence-electron chi connectivity index (χ3n) is 3.23. The predicted molar refractivity (Wildman–Crippen MR) is 68.9 cm³/mol. The minimum atomic E-state index is -0.531. The van der Waals surface area contributed by atoms with Crippen molar-refractivity contribution in [1.82, 2.24) is 5.32 Å². The van der Waals surface area contributed by atoms with Crippen LogP contribution in [0.4, 0.5) is 0 Å². The maximum Gasteiger partial charge on any atom is 0.231 e. The van der Waals surface area contributed by atoms with E-state index in [1.807, 2.05) is 13.8 Å². The van der Waals surface area contributed by atoms with Gasteiger partial charge in [0.25, 0.3) is 0 Å². The molecule has 17 heavy (non-hydrogen) atoms. The summed E-state index contributed by atoms with van der Waals surface area (Å²) in [5.74, 6) is -0.291. The standard InChI is InChI=1S/C12H25N3O2/c1-5-7-10(11(13)15-17)12(16)14-9(4)8(3)6-2/h8-10,17H,5-7H2,1-4H3,(H2,13,15)(H,14,16). The second kappa shape index (κ2) is 7.92. The van der Waals surface area contributed by atoms with Crippen LogP contribution in [-0.4, -0.2) is 23.0 Å². The molecule has 0 heterocycles. The molecule has 3 atom stereocenters. The molecular formula is C12H25N3O2. The monoisotopic (exact) mass is 243 g/mol. The third-order valence-corrected chi connectivity index (χ3v) is 3.23. The minimum Gasteiger partial charge on any atom is -0.409 e. The van der Waals surface area contributed by atoms with Crippen LogP contribution in [-0.2, 0) is 4.79 Å². The van der Waals surface area contributed by atoms with Crippen LogP contribution in [0, 0.1) is 11.8 Å². The van der Waals surface area contributed by atoms with Gasteiger partial charge in [-0.3, -0.25) is 4.79 Å². The first-order valence-corrected chi connectivity index (χ1v) is 6.25. The highest BCUT2D eigenvalue weighted by atomic mass is 16.4. The lowest BCUT2D eigenvalue weighted by atomic mass is 9.97. The minimum absolute atomic E-state index is 0.0132. The summed E-state index contributed by atoms with van der Waals surface area (Å²) in [6.07, 6.45) is 2.41. The Bertz CT molecular complexity index is 266. The Balaban J connectivity index is 4.53. The molecule has 5 nitrogen and oxygen atoms in total. The second-order valence-electron chi connectivity index (χ2n) is 4.55. The lowest BCUT2D eigenvalue weighted by molar-refractivity contribution is -0.124. The summed E-state index contributed by atoms with van der Waals surface area (Å²) in [4.78, 5) is 12.0. The van der Waals surface area contributed by atoms with Gasteiger partial charge in [-0.1, -0.05) is 38.8 Å². The molecule has 0 aliphatic heterocycles. The van der Waals surface area contributed by atoms with Gasteiger partial charge in [-0.05, 0) is 19.3 Å². The number of nitrogens with two attached hydrogens (primary N) is 1. The Morgan fingerprint density at radius 3 is 2.41 bits per heavy atom. The van der Waals surface area contributed by atoms with Crippen LogP contribution in [0.2, 0.25) is 0 Å². The van der Waals surface area contributed by atoms with Gasteiger partial charge >= 0.3 is 0 Å². The average molecular weight is 243 g/mol. The molecule has 5 heteroatoms. The molecule has 0 rings (SSSR count). The fraction of sp³-hybridized carbons (Fsp3) is 0.833. The van der Waals surface area contributed by atoms with E-state index in [-0.39, 0.29) is 17.8 Å². The Morgan fingerprint density at radius 2 is 2.00 bits per heavy atom. The zero-order valence-corrected chi connectivity index (χ0v) is 11.2. The van der Waals surface area contributed by atoms with E-state index in [4.69, 9.17) is 10.9 Å². The van der Waals surface area contributed by atoms with Gasteiger partial charge in [0.1, 0.15) is 0 Å². The zero-order valence-electron chi connectivity index (χ0n) is 11.2. The molecule has 0 aromatic rings. The Hall–Kier alpha value is -1.26. The van der Waals surface area contributed by atoms with Crippen LogP contribution in [0.1, 0.15) is 47.0 Å². The molecule has 0 aliphatic rings. The first kappa shape index (κ1) is 15.7. The van der Waals surface area contributed by atoms with Crippen molar-refractivity contribution in [2.75, 3.05) is 0 Å². The molecule has 0 fully saturated rings.